The van der Waals surface area contributed by atoms with Crippen LogP contribution in [0.25, 0.3) is 0 Å². The van der Waals surface area contributed by atoms with Gasteiger partial charge in [-0.1, -0.05) is 18.2 Å². The Labute approximate surface area is 118 Å². The topological polar surface area (TPSA) is 55.1 Å². The van der Waals surface area contributed by atoms with Crippen LogP contribution in [-0.2, 0) is 19.4 Å². The summed E-state index contributed by atoms with van der Waals surface area (Å²) in [5.41, 5.74) is 11.0. The van der Waals surface area contributed by atoms with Crippen LogP contribution in [0.5, 0.6) is 0 Å². The maximum Gasteiger partial charge on any atom is 0.248 e. The molecule has 1 aliphatic carbocycles. The lowest BCUT2D eigenvalue weighted by molar-refractivity contribution is 0.100. The van der Waals surface area contributed by atoms with Crippen LogP contribution in [0.1, 0.15) is 33.5 Å². The molecule has 0 spiro atoms. The standard InChI is InChI=1S/C17H18N2O/c18-17(20)14-6-4-12(5-7-14)11-19-16-9-8-13-2-1-3-15(13)10-16/h4-10,19H,1-3,11H2,(H2,18,20). The van der Waals surface area contributed by atoms with Gasteiger partial charge in [0.05, 0.1) is 0 Å². The second kappa shape index (κ2) is 5.37. The predicted octanol–water partition coefficient (Wildman–Crippen LogP) is 2.89. The molecule has 20 heavy (non-hydrogen) atoms. The van der Waals surface area contributed by atoms with Crippen molar-refractivity contribution in [2.75, 3.05) is 5.32 Å². The second-order valence-electron chi connectivity index (χ2n) is 5.25. The first kappa shape index (κ1) is 12.7. The molecule has 3 N–H and O–H groups in total. The molecule has 0 saturated carbocycles. The number of carbonyl (C=O) groups is 1. The predicted molar refractivity (Wildman–Crippen MR) is 80.8 cm³/mol. The third-order valence-corrected chi connectivity index (χ3v) is 3.83. The van der Waals surface area contributed by atoms with Gasteiger partial charge in [0.25, 0.3) is 0 Å². The number of primary amides is 1. The zero-order valence-electron chi connectivity index (χ0n) is 11.4. The summed E-state index contributed by atoms with van der Waals surface area (Å²) in [5.74, 6) is -0.386. The van der Waals surface area contributed by atoms with Crippen LogP contribution >= 0.6 is 0 Å². The van der Waals surface area contributed by atoms with Crippen LogP contribution < -0.4 is 11.1 Å². The molecule has 1 amide bonds. The number of nitrogens with two attached hydrogens (primary N) is 1. The number of aryl methyl sites for hydroxylation is 2. The lowest BCUT2D eigenvalue weighted by Crippen LogP contribution is -2.10. The van der Waals surface area contributed by atoms with Crippen molar-refractivity contribution >= 4 is 11.6 Å². The normalized spacial score (nSPS) is 13.0. The van der Waals surface area contributed by atoms with E-state index in [9.17, 15) is 4.79 Å². The average molecular weight is 266 g/mol. The fraction of sp³-hybridized carbons (Fsp3) is 0.235. The summed E-state index contributed by atoms with van der Waals surface area (Å²) in [6.45, 7) is 0.748. The van der Waals surface area contributed by atoms with Gasteiger partial charge in [-0.3, -0.25) is 4.79 Å². The molecule has 0 saturated heterocycles. The Bertz CT molecular complexity index is 632. The van der Waals surface area contributed by atoms with Crippen molar-refractivity contribution in [3.63, 3.8) is 0 Å². The van der Waals surface area contributed by atoms with Crippen molar-refractivity contribution in [1.82, 2.24) is 0 Å². The van der Waals surface area contributed by atoms with Crippen molar-refractivity contribution < 1.29 is 4.79 Å². The molecular weight excluding hydrogens is 248 g/mol. The van der Waals surface area contributed by atoms with E-state index in [0.29, 0.717) is 5.56 Å². The van der Waals surface area contributed by atoms with Gasteiger partial charge >= 0.3 is 0 Å². The van der Waals surface area contributed by atoms with E-state index in [1.54, 1.807) is 12.1 Å². The first-order valence-electron chi connectivity index (χ1n) is 6.97. The summed E-state index contributed by atoms with van der Waals surface area (Å²) in [5, 5.41) is 3.42. The molecule has 0 atom stereocenters. The highest BCUT2D eigenvalue weighted by atomic mass is 16.1. The monoisotopic (exact) mass is 266 g/mol. The second-order valence-corrected chi connectivity index (χ2v) is 5.25. The summed E-state index contributed by atoms with van der Waals surface area (Å²) in [7, 11) is 0. The van der Waals surface area contributed by atoms with Crippen molar-refractivity contribution in [3.05, 3.63) is 64.7 Å². The number of hydrogen-bond acceptors (Lipinski definition) is 2. The molecule has 102 valence electrons. The summed E-state index contributed by atoms with van der Waals surface area (Å²) < 4.78 is 0. The van der Waals surface area contributed by atoms with E-state index in [2.05, 4.69) is 23.5 Å². The van der Waals surface area contributed by atoms with Crippen molar-refractivity contribution in [1.29, 1.82) is 0 Å². The zero-order valence-corrected chi connectivity index (χ0v) is 11.4. The summed E-state index contributed by atoms with van der Waals surface area (Å²) in [4.78, 5) is 11.0. The summed E-state index contributed by atoms with van der Waals surface area (Å²) >= 11 is 0. The molecule has 0 aromatic heterocycles. The van der Waals surface area contributed by atoms with E-state index >= 15 is 0 Å². The van der Waals surface area contributed by atoms with Crippen molar-refractivity contribution in [2.24, 2.45) is 5.73 Å². The summed E-state index contributed by atoms with van der Waals surface area (Å²) in [6.07, 6.45) is 3.68. The Kier molecular flexibility index (Phi) is 3.42. The minimum Gasteiger partial charge on any atom is -0.381 e. The number of carbonyl (C=O) groups excluding carboxylic acids is 1. The smallest absolute Gasteiger partial charge is 0.248 e. The number of hydrogen-bond donors (Lipinski definition) is 2. The third-order valence-electron chi connectivity index (χ3n) is 3.83. The Morgan fingerprint density at radius 1 is 1.05 bits per heavy atom. The van der Waals surface area contributed by atoms with Gasteiger partial charge in [0.1, 0.15) is 0 Å². The third kappa shape index (κ3) is 2.67. The molecule has 3 nitrogen and oxygen atoms in total. The molecule has 0 heterocycles. The molecule has 0 fully saturated rings. The van der Waals surface area contributed by atoms with Gasteiger partial charge in [-0.25, -0.2) is 0 Å². The van der Waals surface area contributed by atoms with Crippen LogP contribution in [0.3, 0.4) is 0 Å². The van der Waals surface area contributed by atoms with Gasteiger partial charge in [0.15, 0.2) is 0 Å². The molecule has 2 aromatic carbocycles. The minimum atomic E-state index is -0.386. The van der Waals surface area contributed by atoms with Crippen LogP contribution in [0, 0.1) is 0 Å². The minimum absolute atomic E-state index is 0.386. The van der Waals surface area contributed by atoms with Crippen molar-refractivity contribution in [2.45, 2.75) is 25.8 Å². The Balaban J connectivity index is 1.65. The molecule has 3 rings (SSSR count). The molecular formula is C17H18N2O. The first-order valence-corrected chi connectivity index (χ1v) is 6.97. The van der Waals surface area contributed by atoms with Crippen molar-refractivity contribution in [3.8, 4) is 0 Å². The van der Waals surface area contributed by atoms with E-state index in [4.69, 9.17) is 5.73 Å². The number of rotatable bonds is 4. The molecule has 0 unspecified atom stereocenters. The van der Waals surface area contributed by atoms with Gasteiger partial charge in [0, 0.05) is 17.8 Å². The Hall–Kier alpha value is -2.29. The molecule has 0 radical (unpaired) electrons. The highest BCUT2D eigenvalue weighted by molar-refractivity contribution is 5.92. The zero-order chi connectivity index (χ0) is 13.9. The molecule has 1 aliphatic rings. The Morgan fingerprint density at radius 2 is 1.80 bits per heavy atom. The van der Waals surface area contributed by atoms with E-state index in [-0.39, 0.29) is 5.91 Å². The lowest BCUT2D eigenvalue weighted by atomic mass is 10.1. The maximum atomic E-state index is 11.0. The molecule has 3 heteroatoms. The largest absolute Gasteiger partial charge is 0.381 e. The highest BCUT2D eigenvalue weighted by Gasteiger charge is 2.10. The summed E-state index contributed by atoms with van der Waals surface area (Å²) in [6, 6.07) is 14.0. The molecule has 0 bridgehead atoms. The quantitative estimate of drug-likeness (QED) is 0.894. The van der Waals surface area contributed by atoms with Gasteiger partial charge in [-0.15, -0.1) is 0 Å². The van der Waals surface area contributed by atoms with Crippen LogP contribution in [-0.4, -0.2) is 5.91 Å². The van der Waals surface area contributed by atoms with Gasteiger partial charge in [0.2, 0.25) is 5.91 Å². The fourth-order valence-corrected chi connectivity index (χ4v) is 2.67. The van der Waals surface area contributed by atoms with E-state index in [0.717, 1.165) is 17.8 Å². The number of amides is 1. The Morgan fingerprint density at radius 3 is 2.55 bits per heavy atom. The van der Waals surface area contributed by atoms with E-state index < -0.39 is 0 Å². The number of fused-ring (bicyclic) bond motifs is 1. The van der Waals surface area contributed by atoms with E-state index in [1.807, 2.05) is 12.1 Å². The highest BCUT2D eigenvalue weighted by Crippen LogP contribution is 2.25. The first-order chi connectivity index (χ1) is 9.72. The fourth-order valence-electron chi connectivity index (χ4n) is 2.67. The van der Waals surface area contributed by atoms with Gasteiger partial charge < -0.3 is 11.1 Å². The average Bonchev–Trinajstić information content (AvgIpc) is 2.93. The van der Waals surface area contributed by atoms with Crippen LogP contribution in [0.15, 0.2) is 42.5 Å². The number of anilines is 1. The van der Waals surface area contributed by atoms with Crippen LogP contribution in [0.2, 0.25) is 0 Å². The number of nitrogens with one attached hydrogen (secondary N) is 1. The van der Waals surface area contributed by atoms with Gasteiger partial charge in [-0.2, -0.15) is 0 Å². The maximum absolute atomic E-state index is 11.0. The van der Waals surface area contributed by atoms with E-state index in [1.165, 1.54) is 30.4 Å². The molecule has 2 aromatic rings. The number of benzene rings is 2. The van der Waals surface area contributed by atoms with Gasteiger partial charge in [-0.05, 0) is 60.2 Å². The molecule has 0 aliphatic heterocycles. The van der Waals surface area contributed by atoms with Crippen LogP contribution in [0.4, 0.5) is 5.69 Å². The SMILES string of the molecule is NC(=O)c1ccc(CNc2ccc3c(c2)CCC3)cc1. The lowest BCUT2D eigenvalue weighted by Gasteiger charge is -2.09.